The molecule has 1 aromatic carbocycles. The molecule has 0 saturated heterocycles. The molecule has 0 spiro atoms. The first kappa shape index (κ1) is 20.4. The van der Waals surface area contributed by atoms with Crippen molar-refractivity contribution in [2.75, 3.05) is 0 Å². The highest BCUT2D eigenvalue weighted by atomic mass is 19.4. The summed E-state index contributed by atoms with van der Waals surface area (Å²) in [4.78, 5) is 21.2. The van der Waals surface area contributed by atoms with Gasteiger partial charge in [-0.3, -0.25) is 9.36 Å². The summed E-state index contributed by atoms with van der Waals surface area (Å²) in [5, 5.41) is 4.46. The van der Waals surface area contributed by atoms with Gasteiger partial charge in [0.2, 0.25) is 0 Å². The fraction of sp³-hybridized carbons (Fsp3) is 0.476. The van der Waals surface area contributed by atoms with Gasteiger partial charge in [-0.2, -0.15) is 18.2 Å². The first-order valence-electron chi connectivity index (χ1n) is 10.2. The fourth-order valence-electron chi connectivity index (χ4n) is 3.86. The summed E-state index contributed by atoms with van der Waals surface area (Å²) < 4.78 is 46.3. The number of fused-ring (bicyclic) bond motifs is 1. The average Bonchev–Trinajstić information content (AvgIpc) is 3.17. The van der Waals surface area contributed by atoms with Crippen molar-refractivity contribution in [2.45, 2.75) is 58.2 Å². The van der Waals surface area contributed by atoms with Crippen molar-refractivity contribution in [3.63, 3.8) is 0 Å². The molecular formula is C21H22F3N4O2. The quantitative estimate of drug-likeness (QED) is 0.658. The van der Waals surface area contributed by atoms with Crippen LogP contribution in [0.5, 0.6) is 11.8 Å². The number of alkyl halides is 3. The largest absolute Gasteiger partial charge is 0.425 e. The van der Waals surface area contributed by atoms with Crippen LogP contribution in [0.1, 0.15) is 51.0 Å². The Bertz CT molecular complexity index is 1020. The number of aliphatic imine (C=N–C) groups is 1. The summed E-state index contributed by atoms with van der Waals surface area (Å²) in [5.74, 6) is 1.19. The lowest BCUT2D eigenvalue weighted by molar-refractivity contribution is -0.137. The van der Waals surface area contributed by atoms with Crippen LogP contribution in [-0.4, -0.2) is 15.4 Å². The van der Waals surface area contributed by atoms with Gasteiger partial charge >= 0.3 is 17.7 Å². The standard InChI is InChI=1S/C21H22F3N4O2/c1-2-11-28-18-16(25-17(26-18)13-7-4-3-5-8-13)19(29)27-20(28)30-15-10-6-9-14(12-15)21(22,23)24/h6,9-10,12-13H,2-5,7-8,11H2,1H3. The molecule has 30 heavy (non-hydrogen) atoms. The van der Waals surface area contributed by atoms with Crippen LogP contribution in [0.25, 0.3) is 0 Å². The minimum absolute atomic E-state index is 0.0482. The molecule has 0 unspecified atom stereocenters. The van der Waals surface area contributed by atoms with E-state index >= 15 is 0 Å². The van der Waals surface area contributed by atoms with Crippen molar-refractivity contribution >= 4 is 17.3 Å². The zero-order valence-electron chi connectivity index (χ0n) is 16.6. The molecule has 9 heteroatoms. The molecule has 1 aliphatic heterocycles. The summed E-state index contributed by atoms with van der Waals surface area (Å²) in [6.45, 7) is 2.39. The second-order valence-corrected chi connectivity index (χ2v) is 7.57. The SMILES string of the molecule is CCCn1c(Oc2cccc(C(F)(F)F)c2)nc(=O)c2c1N=C(C1CCCCC1)[N]2. The molecule has 1 radical (unpaired) electrons. The molecular weight excluding hydrogens is 397 g/mol. The Kier molecular flexibility index (Phi) is 5.53. The van der Waals surface area contributed by atoms with E-state index in [1.807, 2.05) is 6.92 Å². The summed E-state index contributed by atoms with van der Waals surface area (Å²) >= 11 is 0. The third-order valence-corrected chi connectivity index (χ3v) is 5.33. The molecule has 1 fully saturated rings. The van der Waals surface area contributed by atoms with Gasteiger partial charge in [0, 0.05) is 12.5 Å². The predicted octanol–water partition coefficient (Wildman–Crippen LogP) is 5.32. The first-order valence-corrected chi connectivity index (χ1v) is 10.2. The number of amidine groups is 1. The van der Waals surface area contributed by atoms with Gasteiger partial charge in [-0.25, -0.2) is 10.3 Å². The summed E-state index contributed by atoms with van der Waals surface area (Å²) in [5.41, 5.74) is -1.24. The van der Waals surface area contributed by atoms with E-state index in [2.05, 4.69) is 15.3 Å². The van der Waals surface area contributed by atoms with E-state index in [9.17, 15) is 18.0 Å². The smallest absolute Gasteiger partial charge is 0.416 e. The number of rotatable bonds is 5. The Morgan fingerprint density at radius 1 is 1.20 bits per heavy atom. The van der Waals surface area contributed by atoms with Crippen LogP contribution < -0.4 is 15.6 Å². The van der Waals surface area contributed by atoms with Gasteiger partial charge in [0.15, 0.2) is 11.5 Å². The molecule has 1 saturated carbocycles. The van der Waals surface area contributed by atoms with Gasteiger partial charge in [0.25, 0.3) is 0 Å². The number of ether oxygens (including phenoxy) is 1. The van der Waals surface area contributed by atoms with E-state index in [0.29, 0.717) is 24.6 Å². The van der Waals surface area contributed by atoms with Crippen LogP contribution in [0.15, 0.2) is 34.1 Å². The van der Waals surface area contributed by atoms with Gasteiger partial charge < -0.3 is 4.74 Å². The maximum Gasteiger partial charge on any atom is 0.416 e. The van der Waals surface area contributed by atoms with Crippen LogP contribution in [0.4, 0.5) is 24.7 Å². The summed E-state index contributed by atoms with van der Waals surface area (Å²) in [6, 6.07) is 4.41. The Morgan fingerprint density at radius 3 is 2.67 bits per heavy atom. The van der Waals surface area contributed by atoms with Gasteiger partial charge in [-0.05, 0) is 37.5 Å². The second-order valence-electron chi connectivity index (χ2n) is 7.57. The maximum absolute atomic E-state index is 13.0. The van der Waals surface area contributed by atoms with E-state index in [1.165, 1.54) is 18.6 Å². The monoisotopic (exact) mass is 419 g/mol. The molecule has 2 aliphatic rings. The average molecular weight is 419 g/mol. The lowest BCUT2D eigenvalue weighted by atomic mass is 9.88. The third kappa shape index (κ3) is 4.06. The van der Waals surface area contributed by atoms with E-state index in [0.717, 1.165) is 37.8 Å². The van der Waals surface area contributed by atoms with E-state index in [1.54, 1.807) is 4.57 Å². The van der Waals surface area contributed by atoms with Crippen LogP contribution in [0, 0.1) is 5.92 Å². The molecule has 6 nitrogen and oxygen atoms in total. The number of hydrogen-bond donors (Lipinski definition) is 0. The highest BCUT2D eigenvalue weighted by molar-refractivity contribution is 5.96. The van der Waals surface area contributed by atoms with Gasteiger partial charge in [-0.1, -0.05) is 32.3 Å². The zero-order valence-corrected chi connectivity index (χ0v) is 16.6. The van der Waals surface area contributed by atoms with Crippen molar-refractivity contribution < 1.29 is 17.9 Å². The minimum Gasteiger partial charge on any atom is -0.425 e. The molecule has 1 aliphatic carbocycles. The van der Waals surface area contributed by atoms with Crippen molar-refractivity contribution in [3.05, 3.63) is 40.2 Å². The van der Waals surface area contributed by atoms with Gasteiger partial charge in [0.05, 0.1) is 5.56 Å². The molecule has 0 atom stereocenters. The summed E-state index contributed by atoms with van der Waals surface area (Å²) in [6.07, 6.45) is 1.58. The highest BCUT2D eigenvalue weighted by Gasteiger charge is 2.32. The molecule has 0 N–H and O–H groups in total. The number of benzene rings is 1. The normalized spacial score (nSPS) is 16.7. The first-order chi connectivity index (χ1) is 14.4. The second kappa shape index (κ2) is 8.12. The van der Waals surface area contributed by atoms with Crippen molar-refractivity contribution in [2.24, 2.45) is 10.9 Å². The minimum atomic E-state index is -4.49. The summed E-state index contributed by atoms with van der Waals surface area (Å²) in [7, 11) is 0. The molecule has 2 aromatic rings. The number of halogens is 3. The van der Waals surface area contributed by atoms with Crippen LogP contribution in [0.2, 0.25) is 0 Å². The Balaban J connectivity index is 1.71. The van der Waals surface area contributed by atoms with E-state index in [-0.39, 0.29) is 23.4 Å². The Morgan fingerprint density at radius 2 is 1.97 bits per heavy atom. The van der Waals surface area contributed by atoms with E-state index in [4.69, 9.17) is 4.74 Å². The zero-order chi connectivity index (χ0) is 21.3. The fourth-order valence-corrected chi connectivity index (χ4v) is 3.86. The lowest BCUT2D eigenvalue weighted by Crippen LogP contribution is -2.24. The molecule has 2 heterocycles. The Labute approximate surface area is 171 Å². The van der Waals surface area contributed by atoms with Crippen LogP contribution >= 0.6 is 0 Å². The predicted molar refractivity (Wildman–Crippen MR) is 106 cm³/mol. The number of nitrogens with zero attached hydrogens (tertiary/aromatic N) is 4. The van der Waals surface area contributed by atoms with Crippen LogP contribution in [0.3, 0.4) is 0 Å². The van der Waals surface area contributed by atoms with E-state index < -0.39 is 17.3 Å². The maximum atomic E-state index is 13.0. The molecule has 1 aromatic heterocycles. The van der Waals surface area contributed by atoms with Gasteiger partial charge in [0.1, 0.15) is 11.6 Å². The lowest BCUT2D eigenvalue weighted by Gasteiger charge is -2.20. The number of hydrogen-bond acceptors (Lipinski definition) is 4. The molecule has 4 rings (SSSR count). The molecule has 0 amide bonds. The number of aromatic nitrogens is 2. The Hall–Kier alpha value is -2.84. The van der Waals surface area contributed by atoms with Crippen molar-refractivity contribution in [1.82, 2.24) is 14.9 Å². The highest BCUT2D eigenvalue weighted by Crippen LogP contribution is 2.37. The molecule has 159 valence electrons. The van der Waals surface area contributed by atoms with Crippen molar-refractivity contribution in [3.8, 4) is 11.8 Å². The van der Waals surface area contributed by atoms with Crippen molar-refractivity contribution in [1.29, 1.82) is 0 Å². The third-order valence-electron chi connectivity index (χ3n) is 5.33. The van der Waals surface area contributed by atoms with Crippen LogP contribution in [-0.2, 0) is 12.7 Å². The van der Waals surface area contributed by atoms with Gasteiger partial charge in [-0.15, -0.1) is 0 Å². The topological polar surface area (TPSA) is 70.6 Å². The molecule has 0 bridgehead atoms.